The number of nitrogens with zero attached hydrogens (tertiary/aromatic N) is 3. The zero-order chi connectivity index (χ0) is 13.2. The Balaban J connectivity index is 2.21. The maximum absolute atomic E-state index is 13.9. The van der Waals surface area contributed by atoms with E-state index in [4.69, 9.17) is 0 Å². The monoisotopic (exact) mass is 253 g/mol. The molecule has 3 nitrogen and oxygen atoms in total. The van der Waals surface area contributed by atoms with Crippen LogP contribution in [0.4, 0.5) is 4.39 Å². The number of halogens is 1. The summed E-state index contributed by atoms with van der Waals surface area (Å²) in [4.78, 5) is 4.00. The van der Waals surface area contributed by atoms with E-state index in [9.17, 15) is 4.39 Å². The molecule has 0 N–H and O–H groups in total. The normalized spacial score (nSPS) is 10.6. The third-order valence-corrected chi connectivity index (χ3v) is 2.95. The van der Waals surface area contributed by atoms with Gasteiger partial charge in [0, 0.05) is 36.8 Å². The van der Waals surface area contributed by atoms with Crippen LogP contribution in [-0.2, 0) is 7.05 Å². The zero-order valence-electron chi connectivity index (χ0n) is 10.4. The molecule has 2 aromatic heterocycles. The molecule has 2 heterocycles. The molecule has 0 aliphatic carbocycles. The van der Waals surface area contributed by atoms with Crippen LogP contribution in [0, 0.1) is 5.82 Å². The predicted octanol–water partition coefficient (Wildman–Crippen LogP) is 3.29. The second kappa shape index (κ2) is 4.65. The molecule has 0 aliphatic heterocycles. The minimum absolute atomic E-state index is 0.267. The molecule has 0 amide bonds. The van der Waals surface area contributed by atoms with E-state index in [-0.39, 0.29) is 5.82 Å². The lowest BCUT2D eigenvalue weighted by Gasteiger charge is -2.03. The summed E-state index contributed by atoms with van der Waals surface area (Å²) in [5.41, 5.74) is 3.03. The van der Waals surface area contributed by atoms with Gasteiger partial charge in [0.05, 0.1) is 0 Å². The van der Waals surface area contributed by atoms with Crippen LogP contribution < -0.4 is 0 Å². The Morgan fingerprint density at radius 2 is 1.74 bits per heavy atom. The first-order valence-electron chi connectivity index (χ1n) is 5.94. The number of hydrogen-bond acceptors (Lipinski definition) is 2. The molecule has 0 atom stereocenters. The predicted molar refractivity (Wildman–Crippen MR) is 71.8 cm³/mol. The van der Waals surface area contributed by atoms with Crippen molar-refractivity contribution in [3.05, 3.63) is 60.8 Å². The van der Waals surface area contributed by atoms with Gasteiger partial charge in [0.25, 0.3) is 0 Å². The van der Waals surface area contributed by atoms with Crippen molar-refractivity contribution in [3.8, 4) is 22.4 Å². The topological polar surface area (TPSA) is 30.7 Å². The molecule has 4 heteroatoms. The lowest BCUT2D eigenvalue weighted by Crippen LogP contribution is -1.90. The summed E-state index contributed by atoms with van der Waals surface area (Å²) < 4.78 is 15.6. The highest BCUT2D eigenvalue weighted by molar-refractivity contribution is 5.80. The van der Waals surface area contributed by atoms with Crippen molar-refractivity contribution in [3.63, 3.8) is 0 Å². The van der Waals surface area contributed by atoms with Gasteiger partial charge < -0.3 is 0 Å². The second-order valence-corrected chi connectivity index (χ2v) is 4.28. The fourth-order valence-electron chi connectivity index (χ4n) is 2.08. The average molecular weight is 253 g/mol. The highest BCUT2D eigenvalue weighted by Gasteiger charge is 2.14. The Labute approximate surface area is 110 Å². The maximum Gasteiger partial charge on any atom is 0.132 e. The van der Waals surface area contributed by atoms with Crippen molar-refractivity contribution in [1.82, 2.24) is 14.8 Å². The standard InChI is InChI=1S/C15H12FN3/c1-19-10-13(11-6-8-17-9-7-11)15(18-19)12-4-2-3-5-14(12)16/h2-10H,1H3. The summed E-state index contributed by atoms with van der Waals surface area (Å²) in [6, 6.07) is 10.4. The van der Waals surface area contributed by atoms with Crippen molar-refractivity contribution in [2.75, 3.05) is 0 Å². The van der Waals surface area contributed by atoms with Gasteiger partial charge in [0.1, 0.15) is 11.5 Å². The lowest BCUT2D eigenvalue weighted by molar-refractivity contribution is 0.630. The smallest absolute Gasteiger partial charge is 0.132 e. The van der Waals surface area contributed by atoms with Crippen LogP contribution in [0.1, 0.15) is 0 Å². The first-order chi connectivity index (χ1) is 9.25. The molecule has 19 heavy (non-hydrogen) atoms. The van der Waals surface area contributed by atoms with Crippen LogP contribution in [0.2, 0.25) is 0 Å². The fraction of sp³-hybridized carbons (Fsp3) is 0.0667. The molecule has 0 spiro atoms. The molecule has 0 fully saturated rings. The van der Waals surface area contributed by atoms with E-state index in [0.717, 1.165) is 11.1 Å². The van der Waals surface area contributed by atoms with Gasteiger partial charge in [-0.05, 0) is 29.8 Å². The molecule has 0 aliphatic rings. The van der Waals surface area contributed by atoms with Crippen LogP contribution in [0.15, 0.2) is 55.0 Å². The Morgan fingerprint density at radius 3 is 2.47 bits per heavy atom. The number of pyridine rings is 1. The summed E-state index contributed by atoms with van der Waals surface area (Å²) in [6.45, 7) is 0. The number of aromatic nitrogens is 3. The van der Waals surface area contributed by atoms with E-state index < -0.39 is 0 Å². The third-order valence-electron chi connectivity index (χ3n) is 2.95. The van der Waals surface area contributed by atoms with Crippen LogP contribution in [0.25, 0.3) is 22.4 Å². The lowest BCUT2D eigenvalue weighted by atomic mass is 10.0. The Kier molecular flexibility index (Phi) is 2.83. The van der Waals surface area contributed by atoms with Crippen molar-refractivity contribution >= 4 is 0 Å². The number of aryl methyl sites for hydroxylation is 1. The third kappa shape index (κ3) is 2.12. The largest absolute Gasteiger partial charge is 0.275 e. The SMILES string of the molecule is Cn1cc(-c2ccncc2)c(-c2ccccc2F)n1. The zero-order valence-corrected chi connectivity index (χ0v) is 10.4. The number of benzene rings is 1. The molecule has 1 aromatic carbocycles. The van der Waals surface area contributed by atoms with Crippen LogP contribution in [0.3, 0.4) is 0 Å². The maximum atomic E-state index is 13.9. The van der Waals surface area contributed by atoms with Crippen molar-refractivity contribution in [1.29, 1.82) is 0 Å². The van der Waals surface area contributed by atoms with Crippen LogP contribution in [0.5, 0.6) is 0 Å². The Hall–Kier alpha value is -2.49. The second-order valence-electron chi connectivity index (χ2n) is 4.28. The van der Waals surface area contributed by atoms with Gasteiger partial charge in [-0.1, -0.05) is 12.1 Å². The molecule has 0 saturated heterocycles. The number of hydrogen-bond donors (Lipinski definition) is 0. The van der Waals surface area contributed by atoms with E-state index in [1.165, 1.54) is 6.07 Å². The van der Waals surface area contributed by atoms with Gasteiger partial charge in [-0.2, -0.15) is 5.10 Å². The molecule has 0 radical (unpaired) electrons. The molecule has 3 aromatic rings. The van der Waals surface area contributed by atoms with Crippen LogP contribution in [-0.4, -0.2) is 14.8 Å². The first-order valence-corrected chi connectivity index (χ1v) is 5.94. The fourth-order valence-corrected chi connectivity index (χ4v) is 2.08. The van der Waals surface area contributed by atoms with Gasteiger partial charge >= 0.3 is 0 Å². The van der Waals surface area contributed by atoms with E-state index in [0.29, 0.717) is 11.3 Å². The Morgan fingerprint density at radius 1 is 1.00 bits per heavy atom. The van der Waals surface area contributed by atoms with Gasteiger partial charge in [-0.25, -0.2) is 4.39 Å². The van der Waals surface area contributed by atoms with Crippen molar-refractivity contribution < 1.29 is 4.39 Å². The Bertz CT molecular complexity index is 704. The summed E-state index contributed by atoms with van der Waals surface area (Å²) in [5.74, 6) is -0.267. The first kappa shape index (κ1) is 11.6. The van der Waals surface area contributed by atoms with Gasteiger partial charge in [0.2, 0.25) is 0 Å². The summed E-state index contributed by atoms with van der Waals surface area (Å²) in [7, 11) is 1.83. The minimum atomic E-state index is -0.267. The summed E-state index contributed by atoms with van der Waals surface area (Å²) in [5, 5.41) is 4.37. The summed E-state index contributed by atoms with van der Waals surface area (Å²) >= 11 is 0. The molecular weight excluding hydrogens is 241 g/mol. The van der Waals surface area contributed by atoms with E-state index in [1.807, 2.05) is 31.4 Å². The van der Waals surface area contributed by atoms with Gasteiger partial charge in [-0.15, -0.1) is 0 Å². The van der Waals surface area contributed by atoms with E-state index in [2.05, 4.69) is 10.1 Å². The quantitative estimate of drug-likeness (QED) is 0.701. The summed E-state index contributed by atoms with van der Waals surface area (Å²) in [6.07, 6.45) is 5.32. The molecule has 0 bridgehead atoms. The number of rotatable bonds is 2. The molecule has 0 saturated carbocycles. The van der Waals surface area contributed by atoms with E-state index in [1.54, 1.807) is 29.2 Å². The highest BCUT2D eigenvalue weighted by Crippen LogP contribution is 2.31. The molecule has 3 rings (SSSR count). The minimum Gasteiger partial charge on any atom is -0.275 e. The van der Waals surface area contributed by atoms with Gasteiger partial charge in [0.15, 0.2) is 0 Å². The molecule has 94 valence electrons. The van der Waals surface area contributed by atoms with Crippen LogP contribution >= 0.6 is 0 Å². The van der Waals surface area contributed by atoms with Crippen molar-refractivity contribution in [2.24, 2.45) is 7.05 Å². The van der Waals surface area contributed by atoms with Crippen molar-refractivity contribution in [2.45, 2.75) is 0 Å². The molecular formula is C15H12FN3. The highest BCUT2D eigenvalue weighted by atomic mass is 19.1. The van der Waals surface area contributed by atoms with E-state index >= 15 is 0 Å². The molecule has 0 unspecified atom stereocenters. The van der Waals surface area contributed by atoms with Gasteiger partial charge in [-0.3, -0.25) is 9.67 Å². The average Bonchev–Trinajstić information content (AvgIpc) is 2.82.